The van der Waals surface area contributed by atoms with Crippen LogP contribution in [0.4, 0.5) is 0 Å². The van der Waals surface area contributed by atoms with Crippen LogP contribution in [0.5, 0.6) is 0 Å². The van der Waals surface area contributed by atoms with Gasteiger partial charge in [0.2, 0.25) is 10.0 Å². The molecule has 1 saturated heterocycles. The minimum Gasteiger partial charge on any atom is -0.364 e. The van der Waals surface area contributed by atoms with Crippen LogP contribution in [-0.4, -0.2) is 73.5 Å². The predicted molar refractivity (Wildman–Crippen MR) is 117 cm³/mol. The van der Waals surface area contributed by atoms with Crippen LogP contribution in [0.1, 0.15) is 11.4 Å². The van der Waals surface area contributed by atoms with Gasteiger partial charge in [0.05, 0.1) is 5.69 Å². The van der Waals surface area contributed by atoms with E-state index in [1.54, 1.807) is 19.3 Å². The molecule has 0 atom stereocenters. The molecule has 2 aromatic rings. The van der Waals surface area contributed by atoms with Crippen LogP contribution in [0.15, 0.2) is 46.2 Å². The van der Waals surface area contributed by atoms with E-state index in [9.17, 15) is 8.42 Å². The molecule has 28 heavy (non-hydrogen) atoms. The monoisotopic (exact) mass is 520 g/mol. The second kappa shape index (κ2) is 10.7. The zero-order valence-electron chi connectivity index (χ0n) is 15.7. The Morgan fingerprint density at radius 2 is 2.00 bits per heavy atom. The maximum Gasteiger partial charge on any atom is 0.220 e. The van der Waals surface area contributed by atoms with Crippen molar-refractivity contribution < 1.29 is 12.9 Å². The summed E-state index contributed by atoms with van der Waals surface area (Å²) in [7, 11) is -1.67. The molecule has 1 aliphatic rings. The first-order valence-corrected chi connectivity index (χ1v) is 10.4. The Morgan fingerprint density at radius 1 is 1.21 bits per heavy atom. The highest BCUT2D eigenvalue weighted by atomic mass is 127. The smallest absolute Gasteiger partial charge is 0.220 e. The fourth-order valence-corrected chi connectivity index (χ4v) is 4.37. The number of sulfonamides is 1. The van der Waals surface area contributed by atoms with Crippen molar-refractivity contribution in [3.05, 3.63) is 48.1 Å². The molecule has 3 rings (SSSR count). The predicted octanol–water partition coefficient (Wildman–Crippen LogP) is 0.953. The van der Waals surface area contributed by atoms with Crippen molar-refractivity contribution in [3.8, 4) is 0 Å². The summed E-state index contributed by atoms with van der Waals surface area (Å²) < 4.78 is 31.2. The van der Waals surface area contributed by atoms with E-state index in [4.69, 9.17) is 4.52 Å². The minimum absolute atomic E-state index is 0. The van der Waals surface area contributed by atoms with E-state index in [-0.39, 0.29) is 29.7 Å². The van der Waals surface area contributed by atoms with Gasteiger partial charge in [-0.25, -0.2) is 8.42 Å². The largest absolute Gasteiger partial charge is 0.364 e. The van der Waals surface area contributed by atoms with Crippen molar-refractivity contribution in [2.45, 2.75) is 12.2 Å². The second-order valence-corrected chi connectivity index (χ2v) is 8.15. The van der Waals surface area contributed by atoms with Crippen LogP contribution in [0, 0.1) is 0 Å². The third kappa shape index (κ3) is 6.14. The average Bonchev–Trinajstić information content (AvgIpc) is 3.18. The topological polar surface area (TPSA) is 104 Å². The molecular formula is C17H25IN6O3S. The summed E-state index contributed by atoms with van der Waals surface area (Å²) in [6.45, 7) is 2.72. The molecular weight excluding hydrogens is 495 g/mol. The molecule has 0 amide bonds. The molecule has 0 radical (unpaired) electrons. The zero-order chi connectivity index (χ0) is 19.1. The molecule has 2 aromatic heterocycles. The van der Waals surface area contributed by atoms with Gasteiger partial charge in [0.15, 0.2) is 5.96 Å². The van der Waals surface area contributed by atoms with Gasteiger partial charge >= 0.3 is 0 Å². The Kier molecular flexibility index (Phi) is 8.63. The molecule has 0 unspecified atom stereocenters. The van der Waals surface area contributed by atoms with Gasteiger partial charge in [-0.2, -0.15) is 4.31 Å². The molecule has 0 aromatic carbocycles. The number of aromatic nitrogens is 2. The normalized spacial score (nSPS) is 15.9. The van der Waals surface area contributed by atoms with E-state index >= 15 is 0 Å². The van der Waals surface area contributed by atoms with Crippen molar-refractivity contribution in [3.63, 3.8) is 0 Å². The average molecular weight is 520 g/mol. The number of guanidine groups is 1. The van der Waals surface area contributed by atoms with Gasteiger partial charge in [-0.3, -0.25) is 9.98 Å². The lowest BCUT2D eigenvalue weighted by molar-refractivity contribution is 0.260. The molecule has 0 saturated carbocycles. The van der Waals surface area contributed by atoms with Crippen LogP contribution in [0.25, 0.3) is 0 Å². The number of nitrogens with one attached hydrogen (secondary N) is 1. The molecule has 1 N–H and O–H groups in total. The first-order chi connectivity index (χ1) is 13.1. The number of pyridine rings is 1. The number of nitrogens with zero attached hydrogens (tertiary/aromatic N) is 5. The first kappa shape index (κ1) is 22.6. The van der Waals surface area contributed by atoms with Gasteiger partial charge in [-0.05, 0) is 12.1 Å². The van der Waals surface area contributed by atoms with Crippen molar-refractivity contribution in [1.29, 1.82) is 0 Å². The lowest BCUT2D eigenvalue weighted by Crippen LogP contribution is -2.54. The third-order valence-corrected chi connectivity index (χ3v) is 6.17. The van der Waals surface area contributed by atoms with Gasteiger partial charge in [0, 0.05) is 64.1 Å². The number of aliphatic imine (C=N–C) groups is 1. The molecule has 11 heteroatoms. The number of hydrogen-bond donors (Lipinski definition) is 1. The van der Waals surface area contributed by atoms with E-state index in [2.05, 4.69) is 25.3 Å². The molecule has 1 aliphatic heterocycles. The Balaban J connectivity index is 0.00000280. The Hall–Kier alpha value is -1.73. The number of hydrogen-bond acceptors (Lipinski definition) is 6. The summed E-state index contributed by atoms with van der Waals surface area (Å²) in [5.74, 6) is 0.639. The zero-order valence-corrected chi connectivity index (χ0v) is 18.8. The van der Waals surface area contributed by atoms with Gasteiger partial charge in [-0.15, -0.1) is 24.0 Å². The fourth-order valence-electron chi connectivity index (χ4n) is 2.95. The summed E-state index contributed by atoms with van der Waals surface area (Å²) in [6.07, 6.45) is 3.96. The molecule has 0 spiro atoms. The summed E-state index contributed by atoms with van der Waals surface area (Å²) in [6, 6.07) is 7.42. The molecule has 0 bridgehead atoms. The molecule has 154 valence electrons. The van der Waals surface area contributed by atoms with E-state index in [1.165, 1.54) is 10.6 Å². The maximum absolute atomic E-state index is 12.5. The Morgan fingerprint density at radius 3 is 2.61 bits per heavy atom. The highest BCUT2D eigenvalue weighted by molar-refractivity contribution is 14.0. The van der Waals surface area contributed by atoms with Crippen molar-refractivity contribution >= 4 is 40.0 Å². The first-order valence-electron chi connectivity index (χ1n) is 8.81. The van der Waals surface area contributed by atoms with E-state index in [1.807, 2.05) is 18.2 Å². The lowest BCUT2D eigenvalue weighted by atomic mass is 10.3. The Labute approximate surface area is 182 Å². The van der Waals surface area contributed by atoms with Crippen LogP contribution in [-0.2, 0) is 22.2 Å². The Bertz CT molecular complexity index is 837. The van der Waals surface area contributed by atoms with Gasteiger partial charge in [-0.1, -0.05) is 11.2 Å². The lowest BCUT2D eigenvalue weighted by Gasteiger charge is -2.35. The van der Waals surface area contributed by atoms with Crippen LogP contribution in [0.2, 0.25) is 0 Å². The highest BCUT2D eigenvalue weighted by Crippen LogP contribution is 2.12. The maximum atomic E-state index is 12.5. The van der Waals surface area contributed by atoms with Gasteiger partial charge in [0.1, 0.15) is 12.0 Å². The van der Waals surface area contributed by atoms with E-state index in [0.29, 0.717) is 38.4 Å². The summed E-state index contributed by atoms with van der Waals surface area (Å²) in [5, 5.41) is 7.01. The van der Waals surface area contributed by atoms with Crippen molar-refractivity contribution in [1.82, 2.24) is 24.7 Å². The van der Waals surface area contributed by atoms with Gasteiger partial charge in [0.25, 0.3) is 0 Å². The van der Waals surface area contributed by atoms with E-state index in [0.717, 1.165) is 18.1 Å². The number of halogens is 1. The number of piperazine rings is 1. The minimum atomic E-state index is -3.40. The molecule has 9 nitrogen and oxygen atoms in total. The molecule has 0 aliphatic carbocycles. The quantitative estimate of drug-likeness (QED) is 0.344. The standard InChI is InChI=1S/C17H24N6O3S.HI/c1-18-17(20-8-5-15-4-2-3-7-19-15)22-9-11-23(12-10-22)27(24,25)14-16-6-13-26-21-16;/h2-4,6-7,13H,5,8-12,14H2,1H3,(H,18,20);1H. The van der Waals surface area contributed by atoms with Gasteiger partial charge < -0.3 is 14.7 Å². The van der Waals surface area contributed by atoms with Crippen LogP contribution < -0.4 is 5.32 Å². The third-order valence-electron chi connectivity index (χ3n) is 4.36. The van der Waals surface area contributed by atoms with Crippen LogP contribution >= 0.6 is 24.0 Å². The summed E-state index contributed by atoms with van der Waals surface area (Å²) >= 11 is 0. The second-order valence-electron chi connectivity index (χ2n) is 6.18. The summed E-state index contributed by atoms with van der Waals surface area (Å²) in [4.78, 5) is 10.7. The number of rotatable bonds is 6. The van der Waals surface area contributed by atoms with Crippen molar-refractivity contribution in [2.24, 2.45) is 4.99 Å². The fraction of sp³-hybridized carbons (Fsp3) is 0.471. The highest BCUT2D eigenvalue weighted by Gasteiger charge is 2.28. The van der Waals surface area contributed by atoms with E-state index < -0.39 is 10.0 Å². The molecule has 3 heterocycles. The van der Waals surface area contributed by atoms with Crippen LogP contribution in [0.3, 0.4) is 0 Å². The van der Waals surface area contributed by atoms with Crippen molar-refractivity contribution in [2.75, 3.05) is 39.8 Å². The SMILES string of the molecule is CN=C(NCCc1ccccn1)N1CCN(S(=O)(=O)Cc2ccon2)CC1.I. The molecule has 1 fully saturated rings. The summed E-state index contributed by atoms with van der Waals surface area (Å²) in [5.41, 5.74) is 1.44.